The second-order valence-electron chi connectivity index (χ2n) is 7.40. The summed E-state index contributed by atoms with van der Waals surface area (Å²) in [5, 5.41) is 13.3. The number of aryl methyl sites for hydroxylation is 1. The molecular weight excluding hydrogens is 371 g/mol. The molecule has 2 aromatic carbocycles. The topological polar surface area (TPSA) is 63.2 Å². The number of halogens is 1. The number of hydrogen-bond acceptors (Lipinski definition) is 6. The van der Waals surface area contributed by atoms with Gasteiger partial charge in [-0.05, 0) is 37.6 Å². The van der Waals surface area contributed by atoms with Gasteiger partial charge in [-0.2, -0.15) is 0 Å². The molecule has 8 heteroatoms. The van der Waals surface area contributed by atoms with Gasteiger partial charge in [0.2, 0.25) is 0 Å². The Morgan fingerprint density at radius 3 is 2.79 bits per heavy atom. The van der Waals surface area contributed by atoms with E-state index in [1.54, 1.807) is 0 Å². The SMILES string of the molecule is Fc1c[c]c2c(N3CCN(CCCCn4nnc5ccccc54)CC3)noc2c1. The Bertz CT molecular complexity index is 1110. The fourth-order valence-corrected chi connectivity index (χ4v) is 3.91. The molecular formula is C21H22FN6O. The van der Waals surface area contributed by atoms with E-state index >= 15 is 0 Å². The lowest BCUT2D eigenvalue weighted by molar-refractivity contribution is 0.249. The van der Waals surface area contributed by atoms with Crippen molar-refractivity contribution in [3.8, 4) is 0 Å². The summed E-state index contributed by atoms with van der Waals surface area (Å²) in [6, 6.07) is 13.7. The van der Waals surface area contributed by atoms with Crippen molar-refractivity contribution >= 4 is 27.8 Å². The molecule has 0 atom stereocenters. The smallest absolute Gasteiger partial charge is 0.180 e. The summed E-state index contributed by atoms with van der Waals surface area (Å²) in [5.74, 6) is 0.404. The van der Waals surface area contributed by atoms with Gasteiger partial charge in [0.1, 0.15) is 11.3 Å². The van der Waals surface area contributed by atoms with Crippen LogP contribution < -0.4 is 4.90 Å². The second-order valence-corrected chi connectivity index (χ2v) is 7.40. The molecule has 149 valence electrons. The Morgan fingerprint density at radius 1 is 1.07 bits per heavy atom. The number of para-hydroxylation sites is 1. The molecule has 0 bridgehead atoms. The third-order valence-electron chi connectivity index (χ3n) is 5.51. The van der Waals surface area contributed by atoms with E-state index in [0.29, 0.717) is 5.58 Å². The maximum atomic E-state index is 13.3. The van der Waals surface area contributed by atoms with E-state index < -0.39 is 0 Å². The van der Waals surface area contributed by atoms with Gasteiger partial charge >= 0.3 is 0 Å². The Kier molecular flexibility index (Phi) is 4.85. The van der Waals surface area contributed by atoms with Crippen LogP contribution in [0, 0.1) is 11.9 Å². The van der Waals surface area contributed by atoms with Gasteiger partial charge in [0.15, 0.2) is 11.4 Å². The highest BCUT2D eigenvalue weighted by Gasteiger charge is 2.21. The molecule has 0 amide bonds. The van der Waals surface area contributed by atoms with Gasteiger partial charge in [0.05, 0.1) is 10.9 Å². The summed E-state index contributed by atoms with van der Waals surface area (Å²) < 4.78 is 20.6. The zero-order chi connectivity index (χ0) is 19.6. The third kappa shape index (κ3) is 3.67. The molecule has 1 radical (unpaired) electrons. The van der Waals surface area contributed by atoms with Gasteiger partial charge < -0.3 is 9.42 Å². The fraction of sp³-hybridized carbons (Fsp3) is 0.381. The highest BCUT2D eigenvalue weighted by molar-refractivity contribution is 5.88. The van der Waals surface area contributed by atoms with Crippen LogP contribution in [-0.4, -0.2) is 57.8 Å². The van der Waals surface area contributed by atoms with Crippen LogP contribution >= 0.6 is 0 Å². The highest BCUT2D eigenvalue weighted by Crippen LogP contribution is 2.27. The fourth-order valence-electron chi connectivity index (χ4n) is 3.91. The summed E-state index contributed by atoms with van der Waals surface area (Å²) in [7, 11) is 0. The Hall–Kier alpha value is -3.00. The van der Waals surface area contributed by atoms with Gasteiger partial charge in [-0.15, -0.1) is 5.10 Å². The van der Waals surface area contributed by atoms with Crippen molar-refractivity contribution in [1.29, 1.82) is 0 Å². The predicted octanol–water partition coefficient (Wildman–Crippen LogP) is 3.11. The van der Waals surface area contributed by atoms with Crippen LogP contribution in [0.5, 0.6) is 0 Å². The van der Waals surface area contributed by atoms with Crippen LogP contribution in [0.15, 0.2) is 40.9 Å². The zero-order valence-electron chi connectivity index (χ0n) is 16.1. The first kappa shape index (κ1) is 18.1. The molecule has 29 heavy (non-hydrogen) atoms. The molecule has 0 saturated carbocycles. The Labute approximate surface area is 167 Å². The van der Waals surface area contributed by atoms with Gasteiger partial charge in [-0.3, -0.25) is 4.90 Å². The van der Waals surface area contributed by atoms with Crippen molar-refractivity contribution in [3.05, 3.63) is 48.3 Å². The largest absolute Gasteiger partial charge is 0.354 e. The highest BCUT2D eigenvalue weighted by atomic mass is 19.1. The number of piperazine rings is 1. The average Bonchev–Trinajstić information content (AvgIpc) is 3.35. The summed E-state index contributed by atoms with van der Waals surface area (Å²) in [5.41, 5.74) is 2.49. The van der Waals surface area contributed by atoms with Crippen LogP contribution in [0.3, 0.4) is 0 Å². The molecule has 0 unspecified atom stereocenters. The van der Waals surface area contributed by atoms with Crippen LogP contribution in [0.25, 0.3) is 22.0 Å². The van der Waals surface area contributed by atoms with E-state index in [9.17, 15) is 4.39 Å². The number of rotatable bonds is 6. The van der Waals surface area contributed by atoms with E-state index in [-0.39, 0.29) is 5.82 Å². The van der Waals surface area contributed by atoms with Crippen molar-refractivity contribution in [2.75, 3.05) is 37.6 Å². The maximum Gasteiger partial charge on any atom is 0.180 e. The molecule has 4 aromatic rings. The van der Waals surface area contributed by atoms with Crippen molar-refractivity contribution in [3.63, 3.8) is 0 Å². The van der Waals surface area contributed by atoms with Crippen molar-refractivity contribution < 1.29 is 8.91 Å². The molecule has 0 spiro atoms. The van der Waals surface area contributed by atoms with E-state index in [2.05, 4.69) is 37.4 Å². The summed E-state index contributed by atoms with van der Waals surface area (Å²) in [6.07, 6.45) is 2.19. The minimum Gasteiger partial charge on any atom is -0.354 e. The molecule has 0 aliphatic carbocycles. The number of hydrogen-bond donors (Lipinski definition) is 0. The van der Waals surface area contributed by atoms with E-state index in [0.717, 1.165) is 74.3 Å². The van der Waals surface area contributed by atoms with Crippen LogP contribution in [0.4, 0.5) is 10.2 Å². The van der Waals surface area contributed by atoms with E-state index in [1.807, 2.05) is 22.9 Å². The van der Waals surface area contributed by atoms with E-state index in [1.165, 1.54) is 12.1 Å². The second kappa shape index (κ2) is 7.79. The van der Waals surface area contributed by atoms with Crippen LogP contribution in [0.2, 0.25) is 0 Å². The first-order valence-electron chi connectivity index (χ1n) is 10.00. The lowest BCUT2D eigenvalue weighted by Crippen LogP contribution is -2.46. The van der Waals surface area contributed by atoms with Crippen LogP contribution in [-0.2, 0) is 6.54 Å². The number of fused-ring (bicyclic) bond motifs is 2. The summed E-state index contributed by atoms with van der Waals surface area (Å²) in [6.45, 7) is 5.65. The molecule has 1 fully saturated rings. The Balaban J connectivity index is 1.11. The number of nitrogens with zero attached hydrogens (tertiary/aromatic N) is 6. The van der Waals surface area contributed by atoms with Gasteiger partial charge in [0.25, 0.3) is 0 Å². The van der Waals surface area contributed by atoms with Gasteiger partial charge in [-0.1, -0.05) is 22.5 Å². The molecule has 5 rings (SSSR count). The number of unbranched alkanes of at least 4 members (excludes halogenated alkanes) is 1. The Morgan fingerprint density at radius 2 is 1.90 bits per heavy atom. The molecule has 3 heterocycles. The number of anilines is 1. The quantitative estimate of drug-likeness (QED) is 0.469. The maximum absolute atomic E-state index is 13.3. The average molecular weight is 393 g/mol. The monoisotopic (exact) mass is 393 g/mol. The normalized spacial score (nSPS) is 15.6. The number of aromatic nitrogens is 4. The lowest BCUT2D eigenvalue weighted by Gasteiger charge is -2.34. The summed E-state index contributed by atoms with van der Waals surface area (Å²) in [4.78, 5) is 4.67. The summed E-state index contributed by atoms with van der Waals surface area (Å²) >= 11 is 0. The first-order valence-corrected chi connectivity index (χ1v) is 10.00. The minimum atomic E-state index is -0.357. The lowest BCUT2D eigenvalue weighted by atomic mass is 10.2. The van der Waals surface area contributed by atoms with Gasteiger partial charge in [0, 0.05) is 44.9 Å². The van der Waals surface area contributed by atoms with Gasteiger partial charge in [-0.25, -0.2) is 9.07 Å². The molecule has 0 N–H and O–H groups in total. The molecule has 1 aliphatic heterocycles. The van der Waals surface area contributed by atoms with Crippen molar-refractivity contribution in [2.24, 2.45) is 0 Å². The van der Waals surface area contributed by atoms with Crippen molar-refractivity contribution in [2.45, 2.75) is 19.4 Å². The van der Waals surface area contributed by atoms with Crippen LogP contribution in [0.1, 0.15) is 12.8 Å². The molecule has 1 aliphatic rings. The van der Waals surface area contributed by atoms with Crippen molar-refractivity contribution in [1.82, 2.24) is 25.1 Å². The minimum absolute atomic E-state index is 0.357. The zero-order valence-corrected chi connectivity index (χ0v) is 16.1. The first-order chi connectivity index (χ1) is 14.3. The standard InChI is InChI=1S/C21H22FN6O/c22-16-7-8-17-20(15-16)29-24-21(17)27-13-11-26(12-14-27)9-3-4-10-28-19-6-2-1-5-18(19)23-25-28/h1-2,5-7,15H,3-4,9-14H2. The molecule has 1 saturated heterocycles. The molecule has 2 aromatic heterocycles. The molecule has 7 nitrogen and oxygen atoms in total. The predicted molar refractivity (Wildman–Crippen MR) is 108 cm³/mol. The number of benzene rings is 2. The third-order valence-corrected chi connectivity index (χ3v) is 5.51. The van der Waals surface area contributed by atoms with E-state index in [4.69, 9.17) is 4.52 Å².